The van der Waals surface area contributed by atoms with Crippen molar-refractivity contribution < 1.29 is 4.42 Å². The molecule has 3 rings (SSSR count). The lowest BCUT2D eigenvalue weighted by Gasteiger charge is -2.09. The maximum absolute atomic E-state index is 5.88. The molecule has 2 heterocycles. The zero-order valence-corrected chi connectivity index (χ0v) is 10.9. The van der Waals surface area contributed by atoms with Gasteiger partial charge in [0.25, 0.3) is 0 Å². The molecule has 0 radical (unpaired) electrons. The normalized spacial score (nSPS) is 12.8. The molecule has 2 N–H and O–H groups in total. The van der Waals surface area contributed by atoms with Crippen LogP contribution in [0.4, 0.5) is 0 Å². The first kappa shape index (κ1) is 11.9. The van der Waals surface area contributed by atoms with Crippen LogP contribution >= 0.6 is 0 Å². The summed E-state index contributed by atoms with van der Waals surface area (Å²) in [5.41, 5.74) is 9.51. The van der Waals surface area contributed by atoms with Crippen molar-refractivity contribution in [3.05, 3.63) is 48.0 Å². The topological polar surface area (TPSA) is 64.9 Å². The number of nitrogens with two attached hydrogens (primary N) is 1. The molecule has 1 atom stereocenters. The summed E-state index contributed by atoms with van der Waals surface area (Å²) in [5, 5.41) is 1.02. The second-order valence-electron chi connectivity index (χ2n) is 4.67. The van der Waals surface area contributed by atoms with Crippen LogP contribution in [0.5, 0.6) is 0 Å². The van der Waals surface area contributed by atoms with Crippen LogP contribution < -0.4 is 5.73 Å². The van der Waals surface area contributed by atoms with Gasteiger partial charge in [0.05, 0.1) is 5.56 Å². The molecule has 0 aliphatic rings. The monoisotopic (exact) mass is 253 g/mol. The van der Waals surface area contributed by atoms with E-state index in [1.165, 1.54) is 0 Å². The number of hydrogen-bond acceptors (Lipinski definition) is 4. The van der Waals surface area contributed by atoms with Gasteiger partial charge in [-0.2, -0.15) is 0 Å². The number of aryl methyl sites for hydroxylation is 1. The first-order chi connectivity index (χ1) is 9.16. The predicted molar refractivity (Wildman–Crippen MR) is 74.6 cm³/mol. The van der Waals surface area contributed by atoms with Crippen LogP contribution in [0.25, 0.3) is 22.4 Å². The van der Waals surface area contributed by atoms with Crippen LogP contribution in [-0.4, -0.2) is 9.97 Å². The quantitative estimate of drug-likeness (QED) is 0.761. The van der Waals surface area contributed by atoms with E-state index in [2.05, 4.69) is 9.97 Å². The zero-order chi connectivity index (χ0) is 13.4. The standard InChI is InChI=1S/C15H15N3O/c1-9(16)12-7-17-15(18-10(12)2)13-8-19-14-6-4-3-5-11(13)14/h3-9H,16H2,1-2H3/t9-/m0/s1. The summed E-state index contributed by atoms with van der Waals surface area (Å²) in [6, 6.07) is 7.80. The van der Waals surface area contributed by atoms with E-state index in [0.29, 0.717) is 5.82 Å². The number of fused-ring (bicyclic) bond motifs is 1. The Morgan fingerprint density at radius 1 is 1.26 bits per heavy atom. The minimum Gasteiger partial charge on any atom is -0.464 e. The maximum Gasteiger partial charge on any atom is 0.163 e. The van der Waals surface area contributed by atoms with Crippen LogP contribution in [0.2, 0.25) is 0 Å². The largest absolute Gasteiger partial charge is 0.464 e. The molecule has 0 aliphatic heterocycles. The number of para-hydroxylation sites is 1. The van der Waals surface area contributed by atoms with Crippen molar-refractivity contribution in [3.63, 3.8) is 0 Å². The molecule has 0 amide bonds. The van der Waals surface area contributed by atoms with Crippen molar-refractivity contribution in [1.82, 2.24) is 9.97 Å². The summed E-state index contributed by atoms with van der Waals surface area (Å²) in [6.07, 6.45) is 3.50. The highest BCUT2D eigenvalue weighted by molar-refractivity contribution is 5.91. The van der Waals surface area contributed by atoms with Crippen molar-refractivity contribution in [2.24, 2.45) is 5.73 Å². The molecule has 19 heavy (non-hydrogen) atoms. The first-order valence-corrected chi connectivity index (χ1v) is 6.22. The Labute approximate surface area is 111 Å². The highest BCUT2D eigenvalue weighted by atomic mass is 16.3. The molecule has 0 aliphatic carbocycles. The van der Waals surface area contributed by atoms with Gasteiger partial charge in [0.15, 0.2) is 5.82 Å². The summed E-state index contributed by atoms with van der Waals surface area (Å²) in [5.74, 6) is 0.673. The van der Waals surface area contributed by atoms with Crippen molar-refractivity contribution in [2.45, 2.75) is 19.9 Å². The second kappa shape index (κ2) is 4.48. The number of hydrogen-bond donors (Lipinski definition) is 1. The molecule has 0 fully saturated rings. The van der Waals surface area contributed by atoms with Gasteiger partial charge in [-0.25, -0.2) is 9.97 Å². The number of furan rings is 1. The molecule has 4 heteroatoms. The molecule has 96 valence electrons. The van der Waals surface area contributed by atoms with E-state index in [1.54, 1.807) is 12.5 Å². The Balaban J connectivity index is 2.14. The van der Waals surface area contributed by atoms with E-state index in [9.17, 15) is 0 Å². The van der Waals surface area contributed by atoms with Crippen LogP contribution in [-0.2, 0) is 0 Å². The van der Waals surface area contributed by atoms with Gasteiger partial charge in [-0.05, 0) is 19.9 Å². The Kier molecular flexibility index (Phi) is 2.80. The SMILES string of the molecule is Cc1nc(-c2coc3ccccc23)ncc1[C@H](C)N. The zero-order valence-electron chi connectivity index (χ0n) is 10.9. The van der Waals surface area contributed by atoms with Crippen LogP contribution in [0.15, 0.2) is 41.1 Å². The summed E-state index contributed by atoms with van der Waals surface area (Å²) >= 11 is 0. The highest BCUT2D eigenvalue weighted by Gasteiger charge is 2.12. The van der Waals surface area contributed by atoms with Crippen LogP contribution in [0.1, 0.15) is 24.2 Å². The van der Waals surface area contributed by atoms with E-state index in [1.807, 2.05) is 38.1 Å². The van der Waals surface area contributed by atoms with Gasteiger partial charge >= 0.3 is 0 Å². The lowest BCUT2D eigenvalue weighted by molar-refractivity contribution is 0.616. The molecule has 2 aromatic heterocycles. The minimum absolute atomic E-state index is 0.0601. The van der Waals surface area contributed by atoms with Crippen molar-refractivity contribution in [3.8, 4) is 11.4 Å². The molecule has 0 spiro atoms. The smallest absolute Gasteiger partial charge is 0.163 e. The third kappa shape index (κ3) is 2.00. The molecule has 0 saturated carbocycles. The lowest BCUT2D eigenvalue weighted by atomic mass is 10.1. The summed E-state index contributed by atoms with van der Waals surface area (Å²) in [4.78, 5) is 8.94. The third-order valence-electron chi connectivity index (χ3n) is 3.23. The Hall–Kier alpha value is -2.20. The van der Waals surface area contributed by atoms with Crippen molar-refractivity contribution in [1.29, 1.82) is 0 Å². The van der Waals surface area contributed by atoms with Crippen LogP contribution in [0.3, 0.4) is 0 Å². The fraction of sp³-hybridized carbons (Fsp3) is 0.200. The van der Waals surface area contributed by atoms with Gasteiger partial charge in [-0.15, -0.1) is 0 Å². The average molecular weight is 253 g/mol. The van der Waals surface area contributed by atoms with Gasteiger partial charge in [0, 0.05) is 28.9 Å². The fourth-order valence-corrected chi connectivity index (χ4v) is 2.20. The van der Waals surface area contributed by atoms with Gasteiger partial charge in [-0.1, -0.05) is 18.2 Å². The van der Waals surface area contributed by atoms with E-state index in [0.717, 1.165) is 27.8 Å². The molecular weight excluding hydrogens is 238 g/mol. The fourth-order valence-electron chi connectivity index (χ4n) is 2.20. The van der Waals surface area contributed by atoms with Gasteiger partial charge in [0.1, 0.15) is 11.8 Å². The van der Waals surface area contributed by atoms with E-state index in [-0.39, 0.29) is 6.04 Å². The highest BCUT2D eigenvalue weighted by Crippen LogP contribution is 2.28. The summed E-state index contributed by atoms with van der Waals surface area (Å²) in [6.45, 7) is 3.88. The number of benzene rings is 1. The number of rotatable bonds is 2. The summed E-state index contributed by atoms with van der Waals surface area (Å²) < 4.78 is 5.52. The molecular formula is C15H15N3O. The number of nitrogens with zero attached hydrogens (tertiary/aromatic N) is 2. The Morgan fingerprint density at radius 2 is 2.05 bits per heavy atom. The molecule has 0 bridgehead atoms. The van der Waals surface area contributed by atoms with Crippen molar-refractivity contribution >= 4 is 11.0 Å². The summed E-state index contributed by atoms with van der Waals surface area (Å²) in [7, 11) is 0. The second-order valence-corrected chi connectivity index (χ2v) is 4.67. The molecule has 0 unspecified atom stereocenters. The van der Waals surface area contributed by atoms with Crippen molar-refractivity contribution in [2.75, 3.05) is 0 Å². The molecule has 4 nitrogen and oxygen atoms in total. The lowest BCUT2D eigenvalue weighted by Crippen LogP contribution is -2.09. The predicted octanol–water partition coefficient (Wildman–Crippen LogP) is 3.22. The van der Waals surface area contributed by atoms with Crippen LogP contribution in [0, 0.1) is 6.92 Å². The third-order valence-corrected chi connectivity index (χ3v) is 3.23. The Bertz CT molecular complexity index is 731. The maximum atomic E-state index is 5.88. The van der Waals surface area contributed by atoms with E-state index < -0.39 is 0 Å². The first-order valence-electron chi connectivity index (χ1n) is 6.22. The molecule has 1 aromatic carbocycles. The van der Waals surface area contributed by atoms with Gasteiger partial charge in [0.2, 0.25) is 0 Å². The van der Waals surface area contributed by atoms with Gasteiger partial charge in [-0.3, -0.25) is 0 Å². The van der Waals surface area contributed by atoms with Gasteiger partial charge < -0.3 is 10.2 Å². The Morgan fingerprint density at radius 3 is 2.79 bits per heavy atom. The minimum atomic E-state index is -0.0601. The van der Waals surface area contributed by atoms with E-state index >= 15 is 0 Å². The van der Waals surface area contributed by atoms with E-state index in [4.69, 9.17) is 10.2 Å². The average Bonchev–Trinajstić information content (AvgIpc) is 2.82. The molecule has 0 saturated heterocycles. The molecule has 3 aromatic rings. The number of aromatic nitrogens is 2.